The van der Waals surface area contributed by atoms with Gasteiger partial charge in [-0.3, -0.25) is 0 Å². The second-order valence-corrected chi connectivity index (χ2v) is 18.0. The largest absolute Gasteiger partial charge is 0.310 e. The van der Waals surface area contributed by atoms with Gasteiger partial charge in [-0.2, -0.15) is 0 Å². The molecule has 13 aromatic rings. The van der Waals surface area contributed by atoms with Crippen LogP contribution in [0.15, 0.2) is 279 Å². The van der Waals surface area contributed by atoms with E-state index in [0.717, 1.165) is 39.4 Å². The van der Waals surface area contributed by atoms with Gasteiger partial charge in [0.1, 0.15) is 0 Å². The molecular weight excluding hydrogens is 845 g/mol. The van der Waals surface area contributed by atoms with Gasteiger partial charge in [0, 0.05) is 33.4 Å². The van der Waals surface area contributed by atoms with Crippen molar-refractivity contribution in [3.8, 4) is 61.3 Å². The number of nitrogens with zero attached hydrogens (tertiary/aromatic N) is 2. The molecule has 0 N–H and O–H groups in total. The van der Waals surface area contributed by atoms with Crippen LogP contribution in [0.3, 0.4) is 0 Å². The molecule has 0 saturated carbocycles. The maximum atomic E-state index is 2.44. The molecular formula is C68H46N2. The van der Waals surface area contributed by atoms with Crippen molar-refractivity contribution < 1.29 is 0 Å². The SMILES string of the molecule is c1ccc(-c2ccccc2-c2ccccc2-c2ccccc2N(c2ccc(-c3cc4ccccc4c4ccccc34)cc2)c2cccc(-c3ccc4c5ccccc5n(-c5ccccc5)c4c3)c2)cc1. The third kappa shape index (κ3) is 7.13. The van der Waals surface area contributed by atoms with Crippen LogP contribution in [0.5, 0.6) is 0 Å². The first-order valence-electron chi connectivity index (χ1n) is 24.1. The average molecular weight is 891 g/mol. The van der Waals surface area contributed by atoms with Crippen molar-refractivity contribution in [2.45, 2.75) is 0 Å². The number of benzene rings is 12. The number of anilines is 3. The summed E-state index contributed by atoms with van der Waals surface area (Å²) in [5, 5.41) is 7.51. The van der Waals surface area contributed by atoms with Gasteiger partial charge in [-0.05, 0) is 132 Å². The van der Waals surface area contributed by atoms with Crippen molar-refractivity contribution in [2.24, 2.45) is 0 Å². The highest BCUT2D eigenvalue weighted by atomic mass is 15.1. The lowest BCUT2D eigenvalue weighted by atomic mass is 9.88. The number of fused-ring (bicyclic) bond motifs is 6. The summed E-state index contributed by atoms with van der Waals surface area (Å²) in [5.41, 5.74) is 18.6. The molecule has 0 saturated heterocycles. The topological polar surface area (TPSA) is 8.17 Å². The van der Waals surface area contributed by atoms with Crippen LogP contribution in [0.25, 0.3) is 105 Å². The van der Waals surface area contributed by atoms with E-state index in [9.17, 15) is 0 Å². The summed E-state index contributed by atoms with van der Waals surface area (Å²) >= 11 is 0. The lowest BCUT2D eigenvalue weighted by Crippen LogP contribution is -2.11. The van der Waals surface area contributed by atoms with E-state index < -0.39 is 0 Å². The highest BCUT2D eigenvalue weighted by molar-refractivity contribution is 6.14. The maximum Gasteiger partial charge on any atom is 0.0547 e. The quantitative estimate of drug-likeness (QED) is 0.131. The molecule has 0 spiro atoms. The summed E-state index contributed by atoms with van der Waals surface area (Å²) in [6.45, 7) is 0. The van der Waals surface area contributed by atoms with Gasteiger partial charge in [-0.25, -0.2) is 0 Å². The van der Waals surface area contributed by atoms with Gasteiger partial charge in [0.2, 0.25) is 0 Å². The molecule has 13 rings (SSSR count). The lowest BCUT2D eigenvalue weighted by Gasteiger charge is -2.29. The zero-order valence-electron chi connectivity index (χ0n) is 38.5. The molecule has 0 bridgehead atoms. The first-order chi connectivity index (χ1) is 34.7. The van der Waals surface area contributed by atoms with Crippen molar-refractivity contribution >= 4 is 60.4 Å². The van der Waals surface area contributed by atoms with E-state index in [2.05, 4.69) is 289 Å². The molecule has 0 aliphatic heterocycles. The molecule has 0 aliphatic carbocycles. The standard InChI is InChI=1S/C68H46N2/c1-3-20-47(21-4-1)55-27-9-10-29-57(55)59-31-12-13-32-60(59)62-34-15-17-36-66(62)69(53-41-38-48(39-42-53)65-45-51-22-7-8-28-56(51)58-30-11-14-33-61(58)65)54-26-19-23-49(44-54)50-40-43-64-63-35-16-18-37-67(63)70(68(64)46-50)52-24-5-2-6-25-52/h1-46H. The van der Waals surface area contributed by atoms with Crippen LogP contribution in [0.2, 0.25) is 0 Å². The molecule has 12 aromatic carbocycles. The van der Waals surface area contributed by atoms with Crippen LogP contribution in [-0.2, 0) is 0 Å². The van der Waals surface area contributed by atoms with Crippen molar-refractivity contribution in [1.29, 1.82) is 0 Å². The van der Waals surface area contributed by atoms with Crippen molar-refractivity contribution in [3.63, 3.8) is 0 Å². The van der Waals surface area contributed by atoms with Crippen molar-refractivity contribution in [1.82, 2.24) is 4.57 Å². The van der Waals surface area contributed by atoms with E-state index in [1.807, 2.05) is 0 Å². The van der Waals surface area contributed by atoms with E-state index in [1.165, 1.54) is 82.3 Å². The average Bonchev–Trinajstić information content (AvgIpc) is 3.77. The minimum absolute atomic E-state index is 1.07. The minimum atomic E-state index is 1.07. The Kier molecular flexibility index (Phi) is 10.2. The highest BCUT2D eigenvalue weighted by Gasteiger charge is 2.22. The third-order valence-electron chi connectivity index (χ3n) is 14.0. The van der Waals surface area contributed by atoms with Gasteiger partial charge in [0.25, 0.3) is 0 Å². The van der Waals surface area contributed by atoms with Gasteiger partial charge >= 0.3 is 0 Å². The van der Waals surface area contributed by atoms with Gasteiger partial charge in [-0.15, -0.1) is 0 Å². The van der Waals surface area contributed by atoms with E-state index >= 15 is 0 Å². The number of para-hydroxylation sites is 3. The Bertz CT molecular complexity index is 4050. The zero-order valence-corrected chi connectivity index (χ0v) is 38.5. The van der Waals surface area contributed by atoms with Crippen molar-refractivity contribution in [2.75, 3.05) is 4.90 Å². The normalized spacial score (nSPS) is 11.4. The Morgan fingerprint density at radius 2 is 0.757 bits per heavy atom. The highest BCUT2D eigenvalue weighted by Crippen LogP contribution is 2.47. The molecule has 0 amide bonds. The number of rotatable bonds is 9. The Labute approximate surface area is 408 Å². The van der Waals surface area contributed by atoms with Gasteiger partial charge in [0.05, 0.1) is 16.7 Å². The summed E-state index contributed by atoms with van der Waals surface area (Å²) < 4.78 is 2.40. The summed E-state index contributed by atoms with van der Waals surface area (Å²) in [5.74, 6) is 0. The third-order valence-corrected chi connectivity index (χ3v) is 14.0. The molecule has 1 aromatic heterocycles. The fourth-order valence-corrected chi connectivity index (χ4v) is 10.8. The first kappa shape index (κ1) is 41.0. The molecule has 0 fully saturated rings. The molecule has 328 valence electrons. The first-order valence-corrected chi connectivity index (χ1v) is 24.1. The van der Waals surface area contributed by atoms with E-state index in [4.69, 9.17) is 0 Å². The monoisotopic (exact) mass is 890 g/mol. The van der Waals surface area contributed by atoms with E-state index in [-0.39, 0.29) is 0 Å². The Morgan fingerprint density at radius 1 is 0.243 bits per heavy atom. The Hall–Kier alpha value is -9.24. The fourth-order valence-electron chi connectivity index (χ4n) is 10.8. The molecule has 0 aliphatic rings. The summed E-state index contributed by atoms with van der Waals surface area (Å²) in [6.07, 6.45) is 0. The van der Waals surface area contributed by atoms with Crippen LogP contribution in [0.1, 0.15) is 0 Å². The van der Waals surface area contributed by atoms with Crippen LogP contribution in [-0.4, -0.2) is 4.57 Å². The minimum Gasteiger partial charge on any atom is -0.310 e. The van der Waals surface area contributed by atoms with Gasteiger partial charge in [0.15, 0.2) is 0 Å². The van der Waals surface area contributed by atoms with E-state index in [1.54, 1.807) is 0 Å². The Balaban J connectivity index is 0.993. The molecule has 2 heteroatoms. The predicted octanol–water partition coefficient (Wildman–Crippen LogP) is 18.9. The maximum absolute atomic E-state index is 2.44. The van der Waals surface area contributed by atoms with Crippen LogP contribution in [0.4, 0.5) is 17.1 Å². The molecule has 0 unspecified atom stereocenters. The number of hydrogen-bond acceptors (Lipinski definition) is 1. The fraction of sp³-hybridized carbons (Fsp3) is 0. The van der Waals surface area contributed by atoms with Gasteiger partial charge < -0.3 is 9.47 Å². The second-order valence-electron chi connectivity index (χ2n) is 18.0. The van der Waals surface area contributed by atoms with Crippen molar-refractivity contribution in [3.05, 3.63) is 279 Å². The number of hydrogen-bond donors (Lipinski definition) is 0. The van der Waals surface area contributed by atoms with Crippen LogP contribution in [0, 0.1) is 0 Å². The van der Waals surface area contributed by atoms with Crippen LogP contribution >= 0.6 is 0 Å². The second kappa shape index (κ2) is 17.4. The lowest BCUT2D eigenvalue weighted by molar-refractivity contribution is 1.18. The summed E-state index contributed by atoms with van der Waals surface area (Å²) in [6, 6.07) is 102. The molecule has 1 heterocycles. The molecule has 70 heavy (non-hydrogen) atoms. The smallest absolute Gasteiger partial charge is 0.0547 e. The van der Waals surface area contributed by atoms with Gasteiger partial charge in [-0.1, -0.05) is 218 Å². The summed E-state index contributed by atoms with van der Waals surface area (Å²) in [7, 11) is 0. The zero-order chi connectivity index (χ0) is 46.4. The Morgan fingerprint density at radius 3 is 1.53 bits per heavy atom. The predicted molar refractivity (Wildman–Crippen MR) is 298 cm³/mol. The number of aromatic nitrogens is 1. The summed E-state index contributed by atoms with van der Waals surface area (Å²) in [4.78, 5) is 2.44. The van der Waals surface area contributed by atoms with Crippen LogP contribution < -0.4 is 4.90 Å². The van der Waals surface area contributed by atoms with E-state index in [0.29, 0.717) is 0 Å². The molecule has 0 radical (unpaired) electrons. The molecule has 0 atom stereocenters. The molecule has 2 nitrogen and oxygen atoms in total.